The van der Waals surface area contributed by atoms with Crippen LogP contribution in [0.25, 0.3) is 0 Å². The first-order chi connectivity index (χ1) is 19.8. The Bertz CT molecular complexity index is 1500. The smallest absolute Gasteiger partial charge is 0.307 e. The number of rotatable bonds is 7. The number of aromatic nitrogens is 1. The van der Waals surface area contributed by atoms with Crippen LogP contribution in [0, 0.1) is 18.8 Å². The molecule has 3 heterocycles. The fraction of sp³-hybridized carbons (Fsp3) is 0.419. The Balaban J connectivity index is 1.38. The Kier molecular flexibility index (Phi) is 7.59. The molecule has 6 rings (SSSR count). The van der Waals surface area contributed by atoms with Crippen molar-refractivity contribution in [2.75, 3.05) is 13.1 Å². The minimum atomic E-state index is -0.920. The second-order valence-electron chi connectivity index (χ2n) is 11.1. The van der Waals surface area contributed by atoms with E-state index in [4.69, 9.17) is 9.26 Å². The predicted molar refractivity (Wildman–Crippen MR) is 152 cm³/mol. The largest absolute Gasteiger partial charge is 0.487 e. The molecule has 1 saturated carbocycles. The van der Waals surface area contributed by atoms with E-state index >= 15 is 0 Å². The van der Waals surface area contributed by atoms with Crippen LogP contribution in [0.1, 0.15) is 70.2 Å². The molecule has 0 saturated heterocycles. The third-order valence-electron chi connectivity index (χ3n) is 8.60. The molecule has 1 aromatic heterocycles. The molecule has 10 heteroatoms. The lowest BCUT2D eigenvalue weighted by molar-refractivity contribution is -0.153. The molecule has 0 radical (unpaired) electrons. The number of carbonyl (C=O) groups excluding carboxylic acids is 2. The van der Waals surface area contributed by atoms with Crippen LogP contribution in [0.15, 0.2) is 51.5 Å². The quantitative estimate of drug-likeness (QED) is 0.381. The molecule has 3 atom stereocenters. The molecule has 1 N–H and O–H groups in total. The van der Waals surface area contributed by atoms with Gasteiger partial charge in [0.05, 0.1) is 17.9 Å². The van der Waals surface area contributed by atoms with Crippen LogP contribution in [-0.4, -0.2) is 50.9 Å². The number of aryl methyl sites for hydroxylation is 1. The lowest BCUT2D eigenvalue weighted by atomic mass is 9.77. The maximum Gasteiger partial charge on any atom is 0.307 e. The SMILES string of the molecule is Cc1cc(COc2ccc(Br)c3c2C(CN2Cc4ccccc4C2=O)N(C(=O)[C@@H]2CCCC[C@@H]2C(=O)O)CC3)no1. The van der Waals surface area contributed by atoms with Gasteiger partial charge in [-0.15, -0.1) is 0 Å². The highest BCUT2D eigenvalue weighted by Gasteiger charge is 2.44. The summed E-state index contributed by atoms with van der Waals surface area (Å²) < 4.78 is 12.4. The van der Waals surface area contributed by atoms with Crippen molar-refractivity contribution in [3.05, 3.63) is 80.6 Å². The highest BCUT2D eigenvalue weighted by Crippen LogP contribution is 2.44. The Hall–Kier alpha value is -3.66. The number of nitrogens with zero attached hydrogens (tertiary/aromatic N) is 3. The number of aliphatic carboxylic acids is 1. The first-order valence-corrected chi connectivity index (χ1v) is 14.9. The van der Waals surface area contributed by atoms with E-state index in [0.29, 0.717) is 55.1 Å². The minimum Gasteiger partial charge on any atom is -0.487 e. The van der Waals surface area contributed by atoms with E-state index in [9.17, 15) is 19.5 Å². The summed E-state index contributed by atoms with van der Waals surface area (Å²) in [6.45, 7) is 3.15. The molecule has 3 aromatic rings. The molecule has 2 amide bonds. The second kappa shape index (κ2) is 11.3. The molecule has 2 aromatic carbocycles. The van der Waals surface area contributed by atoms with Crippen LogP contribution >= 0.6 is 15.9 Å². The molecule has 41 heavy (non-hydrogen) atoms. The van der Waals surface area contributed by atoms with Crippen molar-refractivity contribution >= 4 is 33.7 Å². The summed E-state index contributed by atoms with van der Waals surface area (Å²) in [5.74, 6) is -1.16. The standard InChI is InChI=1S/C31H32BrN3O6/c1-18-14-20(33-41-18)17-40-27-11-10-25(32)24-12-13-35(30(37)22-8-4-5-9-23(22)31(38)39)26(28(24)27)16-34-15-19-6-2-3-7-21(19)29(34)36/h2-3,6-7,10-11,14,22-23,26H,4-5,8-9,12-13,15-17H2,1H3,(H,38,39)/t22-,23+,26?/m1/s1. The molecule has 0 bridgehead atoms. The van der Waals surface area contributed by atoms with Crippen molar-refractivity contribution in [3.63, 3.8) is 0 Å². The first-order valence-electron chi connectivity index (χ1n) is 14.1. The van der Waals surface area contributed by atoms with Gasteiger partial charge < -0.3 is 24.2 Å². The van der Waals surface area contributed by atoms with Gasteiger partial charge in [-0.2, -0.15) is 0 Å². The maximum absolute atomic E-state index is 14.2. The fourth-order valence-electron chi connectivity index (χ4n) is 6.60. The van der Waals surface area contributed by atoms with Gasteiger partial charge in [0.1, 0.15) is 23.8 Å². The van der Waals surface area contributed by atoms with Crippen molar-refractivity contribution < 1.29 is 28.8 Å². The number of carbonyl (C=O) groups is 3. The average molecular weight is 623 g/mol. The summed E-state index contributed by atoms with van der Waals surface area (Å²) in [5.41, 5.74) is 4.14. The number of fused-ring (bicyclic) bond motifs is 2. The van der Waals surface area contributed by atoms with Gasteiger partial charge in [-0.1, -0.05) is 52.1 Å². The Morgan fingerprint density at radius 2 is 1.93 bits per heavy atom. The monoisotopic (exact) mass is 621 g/mol. The number of hydrogen-bond donors (Lipinski definition) is 1. The molecule has 0 spiro atoms. The number of halogens is 1. The first kappa shape index (κ1) is 27.5. The minimum absolute atomic E-state index is 0.0725. The van der Waals surface area contributed by atoms with Gasteiger partial charge in [0, 0.05) is 41.3 Å². The molecule has 9 nitrogen and oxygen atoms in total. The highest BCUT2D eigenvalue weighted by atomic mass is 79.9. The molecular formula is C31H32BrN3O6. The molecule has 3 aliphatic rings. The van der Waals surface area contributed by atoms with Crippen molar-refractivity contribution in [1.29, 1.82) is 0 Å². The lowest BCUT2D eigenvalue weighted by Crippen LogP contribution is -2.50. The third-order valence-corrected chi connectivity index (χ3v) is 9.34. The van der Waals surface area contributed by atoms with Gasteiger partial charge in [0.2, 0.25) is 5.91 Å². The van der Waals surface area contributed by atoms with Crippen molar-refractivity contribution in [2.45, 2.75) is 58.2 Å². The third kappa shape index (κ3) is 5.25. The second-order valence-corrected chi connectivity index (χ2v) is 12.0. The maximum atomic E-state index is 14.2. The van der Waals surface area contributed by atoms with E-state index < -0.39 is 23.8 Å². The number of amides is 2. The summed E-state index contributed by atoms with van der Waals surface area (Å²) in [5, 5.41) is 14.0. The normalized spacial score (nSPS) is 21.9. The number of carboxylic acid groups (broad SMARTS) is 1. The Morgan fingerprint density at radius 1 is 1.15 bits per heavy atom. The number of hydrogen-bond acceptors (Lipinski definition) is 6. The topological polar surface area (TPSA) is 113 Å². The van der Waals surface area contributed by atoms with Crippen LogP contribution in [0.4, 0.5) is 0 Å². The zero-order chi connectivity index (χ0) is 28.7. The summed E-state index contributed by atoms with van der Waals surface area (Å²) >= 11 is 3.71. The highest BCUT2D eigenvalue weighted by molar-refractivity contribution is 9.10. The van der Waals surface area contributed by atoms with E-state index in [-0.39, 0.29) is 25.0 Å². The molecule has 1 unspecified atom stereocenters. The van der Waals surface area contributed by atoms with Gasteiger partial charge in [0.25, 0.3) is 5.91 Å². The van der Waals surface area contributed by atoms with Gasteiger partial charge in [-0.25, -0.2) is 0 Å². The number of benzene rings is 2. The van der Waals surface area contributed by atoms with Gasteiger partial charge >= 0.3 is 5.97 Å². The predicted octanol–water partition coefficient (Wildman–Crippen LogP) is 5.30. The Morgan fingerprint density at radius 3 is 2.66 bits per heavy atom. The van der Waals surface area contributed by atoms with Crippen LogP contribution < -0.4 is 4.74 Å². The average Bonchev–Trinajstić information content (AvgIpc) is 3.54. The molecule has 2 aliphatic heterocycles. The fourth-order valence-corrected chi connectivity index (χ4v) is 7.15. The van der Waals surface area contributed by atoms with E-state index in [1.807, 2.05) is 54.3 Å². The summed E-state index contributed by atoms with van der Waals surface area (Å²) in [6.07, 6.45) is 3.26. The van der Waals surface area contributed by atoms with Gasteiger partial charge in [-0.3, -0.25) is 14.4 Å². The summed E-state index contributed by atoms with van der Waals surface area (Å²) in [4.78, 5) is 43.4. The van der Waals surface area contributed by atoms with Crippen LogP contribution in [0.5, 0.6) is 5.75 Å². The zero-order valence-electron chi connectivity index (χ0n) is 22.8. The van der Waals surface area contributed by atoms with E-state index in [2.05, 4.69) is 21.1 Å². The lowest BCUT2D eigenvalue weighted by Gasteiger charge is -2.43. The summed E-state index contributed by atoms with van der Waals surface area (Å²) in [7, 11) is 0. The van der Waals surface area contributed by atoms with E-state index in [1.165, 1.54) is 0 Å². The van der Waals surface area contributed by atoms with Crippen LogP contribution in [-0.2, 0) is 29.2 Å². The van der Waals surface area contributed by atoms with E-state index in [0.717, 1.165) is 34.0 Å². The zero-order valence-corrected chi connectivity index (χ0v) is 24.4. The van der Waals surface area contributed by atoms with Crippen LogP contribution in [0.3, 0.4) is 0 Å². The van der Waals surface area contributed by atoms with Crippen molar-refractivity contribution in [3.8, 4) is 5.75 Å². The molecular weight excluding hydrogens is 590 g/mol. The van der Waals surface area contributed by atoms with Crippen molar-refractivity contribution in [1.82, 2.24) is 15.0 Å². The Labute approximate surface area is 246 Å². The molecule has 214 valence electrons. The van der Waals surface area contributed by atoms with Crippen LogP contribution in [0.2, 0.25) is 0 Å². The van der Waals surface area contributed by atoms with E-state index in [1.54, 1.807) is 4.90 Å². The van der Waals surface area contributed by atoms with Gasteiger partial charge in [0.15, 0.2) is 0 Å². The molecule has 1 fully saturated rings. The van der Waals surface area contributed by atoms with Gasteiger partial charge in [-0.05, 0) is 55.5 Å². The number of carboxylic acids is 1. The summed E-state index contributed by atoms with van der Waals surface area (Å²) in [6, 6.07) is 12.7. The van der Waals surface area contributed by atoms with Crippen molar-refractivity contribution in [2.24, 2.45) is 11.8 Å². The number of ether oxygens (including phenoxy) is 1. The molecule has 1 aliphatic carbocycles.